The fourth-order valence-electron chi connectivity index (χ4n) is 3.71. The van der Waals surface area contributed by atoms with Crippen LogP contribution >= 0.6 is 24.0 Å². The monoisotopic (exact) mass is 520 g/mol. The van der Waals surface area contributed by atoms with E-state index in [4.69, 9.17) is 4.99 Å². The Morgan fingerprint density at radius 2 is 1.83 bits per heavy atom. The zero-order valence-electron chi connectivity index (χ0n) is 17.2. The van der Waals surface area contributed by atoms with Gasteiger partial charge in [-0.15, -0.1) is 24.0 Å². The fraction of sp³-hybridized carbons (Fsp3) is 0.619. The average Bonchev–Trinajstić information content (AvgIpc) is 2.70. The lowest BCUT2D eigenvalue weighted by molar-refractivity contribution is 0.0950. The molecule has 1 aliphatic carbocycles. The van der Waals surface area contributed by atoms with Gasteiger partial charge in [0, 0.05) is 32.8 Å². The Kier molecular flexibility index (Phi) is 12.1. The maximum Gasteiger partial charge on any atom is 0.254 e. The zero-order chi connectivity index (χ0) is 20.2. The van der Waals surface area contributed by atoms with Gasteiger partial charge >= 0.3 is 0 Å². The first-order valence-corrected chi connectivity index (χ1v) is 10.3. The Labute approximate surface area is 190 Å². The predicted octanol–water partition coefficient (Wildman–Crippen LogP) is 3.06. The summed E-state index contributed by atoms with van der Waals surface area (Å²) in [5.41, 5.74) is 0.139. The number of aliphatic hydroxyl groups excluding tert-OH is 1. The number of carbonyl (C=O) groups excluding carboxylic acids is 1. The molecular formula is C21H34FIN4O2. The summed E-state index contributed by atoms with van der Waals surface area (Å²) in [5.74, 6) is -0.249. The molecule has 0 saturated heterocycles. The van der Waals surface area contributed by atoms with Crippen LogP contribution in [0.25, 0.3) is 0 Å². The van der Waals surface area contributed by atoms with Crippen molar-refractivity contribution in [1.29, 1.82) is 0 Å². The van der Waals surface area contributed by atoms with Crippen LogP contribution in [0.5, 0.6) is 0 Å². The van der Waals surface area contributed by atoms with Crippen molar-refractivity contribution in [1.82, 2.24) is 16.0 Å². The molecule has 1 aliphatic rings. The highest BCUT2D eigenvalue weighted by molar-refractivity contribution is 14.0. The quantitative estimate of drug-likeness (QED) is 0.175. The number of hydrogen-bond donors (Lipinski definition) is 4. The maximum atomic E-state index is 13.6. The van der Waals surface area contributed by atoms with Crippen LogP contribution in [0.3, 0.4) is 0 Å². The lowest BCUT2D eigenvalue weighted by atomic mass is 9.72. The molecule has 1 aromatic rings. The summed E-state index contributed by atoms with van der Waals surface area (Å²) >= 11 is 0. The van der Waals surface area contributed by atoms with Crippen molar-refractivity contribution in [2.45, 2.75) is 45.4 Å². The van der Waals surface area contributed by atoms with E-state index in [0.717, 1.165) is 25.8 Å². The molecule has 0 radical (unpaired) electrons. The minimum absolute atomic E-state index is 0. The number of aliphatic imine (C=N–C) groups is 1. The summed E-state index contributed by atoms with van der Waals surface area (Å²) in [5, 5.41) is 18.6. The molecular weight excluding hydrogens is 486 g/mol. The van der Waals surface area contributed by atoms with Crippen molar-refractivity contribution in [3.63, 3.8) is 0 Å². The molecule has 0 aromatic heterocycles. The van der Waals surface area contributed by atoms with Gasteiger partial charge in [-0.05, 0) is 43.7 Å². The van der Waals surface area contributed by atoms with E-state index in [9.17, 15) is 14.3 Å². The second kappa shape index (κ2) is 13.7. The third-order valence-electron chi connectivity index (χ3n) is 5.29. The molecule has 1 saturated carbocycles. The highest BCUT2D eigenvalue weighted by Crippen LogP contribution is 2.39. The number of nitrogens with zero attached hydrogens (tertiary/aromatic N) is 1. The third-order valence-corrected chi connectivity index (χ3v) is 5.29. The molecule has 29 heavy (non-hydrogen) atoms. The van der Waals surface area contributed by atoms with Crippen molar-refractivity contribution < 1.29 is 14.3 Å². The normalized spacial score (nSPS) is 15.9. The molecule has 0 atom stereocenters. The van der Waals surface area contributed by atoms with Crippen molar-refractivity contribution in [2.24, 2.45) is 10.4 Å². The summed E-state index contributed by atoms with van der Waals surface area (Å²) in [4.78, 5) is 16.8. The van der Waals surface area contributed by atoms with Gasteiger partial charge in [0.1, 0.15) is 5.82 Å². The number of carbonyl (C=O) groups is 1. The number of rotatable bonds is 9. The first-order chi connectivity index (χ1) is 13.6. The number of guanidine groups is 1. The van der Waals surface area contributed by atoms with Crippen LogP contribution in [0, 0.1) is 11.2 Å². The number of amides is 1. The number of aliphatic hydroxyl groups is 1. The van der Waals surface area contributed by atoms with Crippen LogP contribution in [-0.2, 0) is 0 Å². The summed E-state index contributed by atoms with van der Waals surface area (Å²) in [6, 6.07) is 5.94. The summed E-state index contributed by atoms with van der Waals surface area (Å²) in [6.07, 6.45) is 6.65. The minimum Gasteiger partial charge on any atom is -0.396 e. The molecule has 164 valence electrons. The Hall–Kier alpha value is -1.42. The first-order valence-electron chi connectivity index (χ1n) is 10.3. The van der Waals surface area contributed by atoms with E-state index in [1.807, 2.05) is 6.92 Å². The van der Waals surface area contributed by atoms with E-state index in [0.29, 0.717) is 25.6 Å². The van der Waals surface area contributed by atoms with E-state index < -0.39 is 11.7 Å². The molecule has 0 bridgehead atoms. The number of benzene rings is 1. The highest BCUT2D eigenvalue weighted by Gasteiger charge is 2.31. The topological polar surface area (TPSA) is 85.8 Å². The van der Waals surface area contributed by atoms with Crippen LogP contribution in [0.15, 0.2) is 29.3 Å². The Morgan fingerprint density at radius 1 is 1.14 bits per heavy atom. The van der Waals surface area contributed by atoms with E-state index in [1.54, 1.807) is 12.1 Å². The van der Waals surface area contributed by atoms with Gasteiger partial charge in [0.05, 0.1) is 5.56 Å². The lowest BCUT2D eigenvalue weighted by Crippen LogP contribution is -2.42. The highest BCUT2D eigenvalue weighted by atomic mass is 127. The standard InChI is InChI=1S/C21H33FN4O2.HI/c1-2-23-20(26-16-21(12-15-27)10-6-3-7-11-21)25-14-13-24-19(28)17-8-4-5-9-18(17)22;/h4-5,8-9,27H,2-3,6-7,10-16H2,1H3,(H,24,28)(H2,23,25,26);1H. The van der Waals surface area contributed by atoms with Gasteiger partial charge in [-0.3, -0.25) is 9.79 Å². The molecule has 1 fully saturated rings. The smallest absolute Gasteiger partial charge is 0.254 e. The molecule has 2 rings (SSSR count). The second-order valence-electron chi connectivity index (χ2n) is 7.39. The minimum atomic E-state index is -0.524. The van der Waals surface area contributed by atoms with Crippen LogP contribution in [0.2, 0.25) is 0 Å². The van der Waals surface area contributed by atoms with Crippen LogP contribution in [0.4, 0.5) is 4.39 Å². The average molecular weight is 520 g/mol. The predicted molar refractivity (Wildman–Crippen MR) is 125 cm³/mol. The third kappa shape index (κ3) is 8.46. The molecule has 4 N–H and O–H groups in total. The first kappa shape index (κ1) is 25.6. The van der Waals surface area contributed by atoms with Gasteiger partial charge in [0.25, 0.3) is 5.91 Å². The lowest BCUT2D eigenvalue weighted by Gasteiger charge is -2.35. The van der Waals surface area contributed by atoms with Crippen molar-refractivity contribution >= 4 is 35.8 Å². The molecule has 8 heteroatoms. The largest absolute Gasteiger partial charge is 0.396 e. The van der Waals surface area contributed by atoms with Crippen LogP contribution < -0.4 is 16.0 Å². The molecule has 0 unspecified atom stereocenters. The second-order valence-corrected chi connectivity index (χ2v) is 7.39. The Bertz CT molecular complexity index is 646. The van der Waals surface area contributed by atoms with Crippen LogP contribution in [-0.4, -0.2) is 49.8 Å². The Morgan fingerprint density at radius 3 is 2.48 bits per heavy atom. The number of halogens is 2. The van der Waals surface area contributed by atoms with E-state index in [1.165, 1.54) is 31.4 Å². The van der Waals surface area contributed by atoms with E-state index >= 15 is 0 Å². The zero-order valence-corrected chi connectivity index (χ0v) is 19.5. The van der Waals surface area contributed by atoms with Crippen molar-refractivity contribution in [2.75, 3.05) is 32.8 Å². The van der Waals surface area contributed by atoms with Crippen LogP contribution in [0.1, 0.15) is 55.8 Å². The van der Waals surface area contributed by atoms with Crippen molar-refractivity contribution in [3.8, 4) is 0 Å². The summed E-state index contributed by atoms with van der Waals surface area (Å²) in [6.45, 7) is 4.46. The SMILES string of the molecule is CCNC(=NCC1(CCO)CCCCC1)NCCNC(=O)c1ccccc1F.I. The van der Waals surface area contributed by atoms with Crippen molar-refractivity contribution in [3.05, 3.63) is 35.6 Å². The molecule has 6 nitrogen and oxygen atoms in total. The van der Waals surface area contributed by atoms with Gasteiger partial charge in [0.15, 0.2) is 5.96 Å². The van der Waals surface area contributed by atoms with Gasteiger partial charge in [-0.1, -0.05) is 31.4 Å². The number of hydrogen-bond acceptors (Lipinski definition) is 3. The summed E-state index contributed by atoms with van der Waals surface area (Å²) < 4.78 is 13.6. The molecule has 1 aromatic carbocycles. The molecule has 0 spiro atoms. The fourth-order valence-corrected chi connectivity index (χ4v) is 3.71. The van der Waals surface area contributed by atoms with Gasteiger partial charge in [-0.2, -0.15) is 0 Å². The maximum absolute atomic E-state index is 13.6. The van der Waals surface area contributed by atoms with Gasteiger partial charge in [-0.25, -0.2) is 4.39 Å². The van der Waals surface area contributed by atoms with E-state index in [2.05, 4.69) is 16.0 Å². The number of nitrogens with one attached hydrogen (secondary N) is 3. The summed E-state index contributed by atoms with van der Waals surface area (Å²) in [7, 11) is 0. The molecule has 1 amide bonds. The molecule has 0 heterocycles. The van der Waals surface area contributed by atoms with Gasteiger partial charge in [0.2, 0.25) is 0 Å². The van der Waals surface area contributed by atoms with E-state index in [-0.39, 0.29) is 41.6 Å². The molecule has 0 aliphatic heterocycles. The van der Waals surface area contributed by atoms with Gasteiger partial charge < -0.3 is 21.1 Å². The Balaban J connectivity index is 0.00000420.